The van der Waals surface area contributed by atoms with Crippen LogP contribution >= 0.6 is 0 Å². The molecule has 0 bridgehead atoms. The van der Waals surface area contributed by atoms with E-state index < -0.39 is 5.97 Å². The van der Waals surface area contributed by atoms with Gasteiger partial charge in [0, 0.05) is 6.61 Å². The zero-order chi connectivity index (χ0) is 14.7. The number of benzene rings is 1. The summed E-state index contributed by atoms with van der Waals surface area (Å²) in [5.74, 6) is -0.465. The zero-order valence-corrected chi connectivity index (χ0v) is 11.4. The molecule has 108 valence electrons. The summed E-state index contributed by atoms with van der Waals surface area (Å²) in [6.45, 7) is 0.676. The lowest BCUT2D eigenvalue weighted by Gasteiger charge is -2.20. The fourth-order valence-electron chi connectivity index (χ4n) is 2.53. The maximum atomic E-state index is 11.0. The Balaban J connectivity index is 1.78. The molecule has 1 fully saturated rings. The summed E-state index contributed by atoms with van der Waals surface area (Å²) in [5.41, 5.74) is 1.15. The number of hydrogen-bond acceptors (Lipinski definition) is 4. The van der Waals surface area contributed by atoms with Crippen LogP contribution in [0.4, 0.5) is 5.82 Å². The molecule has 0 saturated carbocycles. The molecule has 2 aromatic rings. The number of hydrogen-bond donors (Lipinski definition) is 2. The number of ether oxygens (including phenoxy) is 1. The molecule has 21 heavy (non-hydrogen) atoms. The average molecular weight is 284 g/mol. The maximum absolute atomic E-state index is 11.0. The number of nitrogens with zero attached hydrogens (tertiary/aromatic N) is 1. The highest BCUT2D eigenvalue weighted by atomic mass is 16.5. The fraction of sp³-hybridized carbons (Fsp3) is 0.250. The van der Waals surface area contributed by atoms with Gasteiger partial charge in [0.1, 0.15) is 11.9 Å². The predicted molar refractivity (Wildman–Crippen MR) is 78.4 cm³/mol. The molecule has 2 N–H and O–H groups in total. The Kier molecular flexibility index (Phi) is 3.83. The zero-order valence-electron chi connectivity index (χ0n) is 11.4. The normalized spacial score (nSPS) is 21.1. The highest BCUT2D eigenvalue weighted by molar-refractivity contribution is 5.85. The van der Waals surface area contributed by atoms with E-state index in [-0.39, 0.29) is 17.8 Å². The van der Waals surface area contributed by atoms with Gasteiger partial charge in [0.2, 0.25) is 0 Å². The van der Waals surface area contributed by atoms with Crippen molar-refractivity contribution in [2.45, 2.75) is 18.6 Å². The van der Waals surface area contributed by atoms with Gasteiger partial charge in [-0.15, -0.1) is 0 Å². The first-order chi connectivity index (χ1) is 10.2. The lowest BCUT2D eigenvalue weighted by atomic mass is 10.0. The number of carboxylic acid groups (broad SMARTS) is 1. The Hall–Kier alpha value is -2.40. The second kappa shape index (κ2) is 5.93. The highest BCUT2D eigenvalue weighted by Gasteiger charge is 2.29. The summed E-state index contributed by atoms with van der Waals surface area (Å²) in [4.78, 5) is 15.1. The van der Waals surface area contributed by atoms with Gasteiger partial charge >= 0.3 is 5.97 Å². The van der Waals surface area contributed by atoms with Crippen LogP contribution in [0.15, 0.2) is 48.5 Å². The van der Waals surface area contributed by atoms with Gasteiger partial charge in [0.25, 0.3) is 0 Å². The van der Waals surface area contributed by atoms with Gasteiger partial charge < -0.3 is 15.2 Å². The number of carboxylic acids is 1. The van der Waals surface area contributed by atoms with Gasteiger partial charge in [-0.3, -0.25) is 0 Å². The summed E-state index contributed by atoms with van der Waals surface area (Å²) in [7, 11) is 0. The molecule has 1 aromatic heterocycles. The third-order valence-electron chi connectivity index (χ3n) is 3.52. The van der Waals surface area contributed by atoms with E-state index in [9.17, 15) is 4.79 Å². The van der Waals surface area contributed by atoms with Crippen molar-refractivity contribution in [2.75, 3.05) is 11.9 Å². The van der Waals surface area contributed by atoms with Crippen molar-refractivity contribution in [3.63, 3.8) is 0 Å². The van der Waals surface area contributed by atoms with Crippen LogP contribution in [0.2, 0.25) is 0 Å². The van der Waals surface area contributed by atoms with Crippen molar-refractivity contribution < 1.29 is 14.6 Å². The van der Waals surface area contributed by atoms with E-state index in [1.54, 1.807) is 12.1 Å². The molecule has 0 amide bonds. The van der Waals surface area contributed by atoms with E-state index in [1.165, 1.54) is 6.07 Å². The summed E-state index contributed by atoms with van der Waals surface area (Å²) >= 11 is 0. The van der Waals surface area contributed by atoms with Crippen molar-refractivity contribution in [1.29, 1.82) is 0 Å². The van der Waals surface area contributed by atoms with E-state index in [4.69, 9.17) is 9.84 Å². The topological polar surface area (TPSA) is 71.5 Å². The second-order valence-corrected chi connectivity index (χ2v) is 4.95. The van der Waals surface area contributed by atoms with Crippen LogP contribution in [0.5, 0.6) is 0 Å². The van der Waals surface area contributed by atoms with Gasteiger partial charge in [-0.1, -0.05) is 36.4 Å². The minimum absolute atomic E-state index is 0.0372. The Bertz CT molecular complexity index is 630. The van der Waals surface area contributed by atoms with Gasteiger partial charge in [-0.25, -0.2) is 9.78 Å². The number of nitrogens with one attached hydrogen (secondary N) is 1. The van der Waals surface area contributed by atoms with Crippen LogP contribution in [0.3, 0.4) is 0 Å². The SMILES string of the molecule is O=C(O)c1cccc(NC2CCOC2c2ccccc2)n1. The number of aromatic nitrogens is 1. The van der Waals surface area contributed by atoms with Crippen molar-refractivity contribution >= 4 is 11.8 Å². The molecule has 5 heteroatoms. The van der Waals surface area contributed by atoms with Crippen LogP contribution in [0, 0.1) is 0 Å². The van der Waals surface area contributed by atoms with Crippen LogP contribution in [0.25, 0.3) is 0 Å². The number of aromatic carboxylic acids is 1. The fourth-order valence-corrected chi connectivity index (χ4v) is 2.53. The smallest absolute Gasteiger partial charge is 0.354 e. The Morgan fingerprint density at radius 3 is 2.76 bits per heavy atom. The van der Waals surface area contributed by atoms with Crippen molar-refractivity contribution in [3.05, 3.63) is 59.8 Å². The minimum atomic E-state index is -1.03. The molecular weight excluding hydrogens is 268 g/mol. The molecule has 1 saturated heterocycles. The van der Waals surface area contributed by atoms with Crippen molar-refractivity contribution in [1.82, 2.24) is 4.98 Å². The number of pyridine rings is 1. The third-order valence-corrected chi connectivity index (χ3v) is 3.52. The lowest BCUT2D eigenvalue weighted by Crippen LogP contribution is -2.24. The first-order valence-corrected chi connectivity index (χ1v) is 6.87. The molecule has 0 aliphatic carbocycles. The lowest BCUT2D eigenvalue weighted by molar-refractivity contribution is 0.0690. The highest BCUT2D eigenvalue weighted by Crippen LogP contribution is 2.30. The molecule has 2 heterocycles. The molecular formula is C16H16N2O3. The summed E-state index contributed by atoms with van der Waals surface area (Å²) in [5, 5.41) is 12.3. The van der Waals surface area contributed by atoms with Gasteiger partial charge in [0.15, 0.2) is 5.69 Å². The van der Waals surface area contributed by atoms with Crippen molar-refractivity contribution in [3.8, 4) is 0 Å². The van der Waals surface area contributed by atoms with E-state index in [1.807, 2.05) is 30.3 Å². The maximum Gasteiger partial charge on any atom is 0.354 e. The quantitative estimate of drug-likeness (QED) is 0.903. The molecule has 0 radical (unpaired) electrons. The second-order valence-electron chi connectivity index (χ2n) is 4.95. The van der Waals surface area contributed by atoms with E-state index >= 15 is 0 Å². The monoisotopic (exact) mass is 284 g/mol. The predicted octanol–water partition coefficient (Wildman–Crippen LogP) is 2.72. The average Bonchev–Trinajstić information content (AvgIpc) is 2.96. The number of carbonyl (C=O) groups is 1. The molecule has 0 spiro atoms. The largest absolute Gasteiger partial charge is 0.477 e. The molecule has 2 unspecified atom stereocenters. The van der Waals surface area contributed by atoms with Crippen LogP contribution in [-0.2, 0) is 4.74 Å². The van der Waals surface area contributed by atoms with Crippen LogP contribution in [-0.4, -0.2) is 28.7 Å². The number of anilines is 1. The van der Waals surface area contributed by atoms with E-state index in [0.717, 1.165) is 12.0 Å². The first-order valence-electron chi connectivity index (χ1n) is 6.87. The summed E-state index contributed by atoms with van der Waals surface area (Å²) in [6.07, 6.45) is 0.819. The third kappa shape index (κ3) is 3.03. The van der Waals surface area contributed by atoms with Crippen LogP contribution < -0.4 is 5.32 Å². The minimum Gasteiger partial charge on any atom is -0.477 e. The standard InChI is InChI=1S/C16H16N2O3/c19-16(20)13-7-4-8-14(18-13)17-12-9-10-21-15(12)11-5-2-1-3-6-11/h1-8,12,15H,9-10H2,(H,17,18)(H,19,20). The Morgan fingerprint density at radius 2 is 2.00 bits per heavy atom. The molecule has 1 aliphatic heterocycles. The molecule has 3 rings (SSSR count). The van der Waals surface area contributed by atoms with Crippen molar-refractivity contribution in [2.24, 2.45) is 0 Å². The van der Waals surface area contributed by atoms with Crippen LogP contribution in [0.1, 0.15) is 28.6 Å². The van der Waals surface area contributed by atoms with Gasteiger partial charge in [-0.2, -0.15) is 0 Å². The molecule has 2 atom stereocenters. The van der Waals surface area contributed by atoms with E-state index in [0.29, 0.717) is 12.4 Å². The Morgan fingerprint density at radius 1 is 1.19 bits per heavy atom. The van der Waals surface area contributed by atoms with Gasteiger partial charge in [-0.05, 0) is 24.1 Å². The summed E-state index contributed by atoms with van der Waals surface area (Å²) < 4.78 is 5.79. The Labute approximate surface area is 122 Å². The number of rotatable bonds is 4. The summed E-state index contributed by atoms with van der Waals surface area (Å²) in [6, 6.07) is 15.0. The molecule has 1 aliphatic rings. The molecule has 1 aromatic carbocycles. The first kappa shape index (κ1) is 13.6. The molecule has 5 nitrogen and oxygen atoms in total. The van der Waals surface area contributed by atoms with E-state index in [2.05, 4.69) is 10.3 Å². The van der Waals surface area contributed by atoms with Gasteiger partial charge in [0.05, 0.1) is 6.04 Å².